The molecule has 1 saturated heterocycles. The van der Waals surface area contributed by atoms with Gasteiger partial charge >= 0.3 is 5.97 Å². The van der Waals surface area contributed by atoms with E-state index in [0.29, 0.717) is 10.7 Å². The fraction of sp³-hybridized carbons (Fsp3) is 0.286. The first-order valence-electron chi connectivity index (χ1n) is 9.11. The van der Waals surface area contributed by atoms with Gasteiger partial charge in [0.05, 0.1) is 27.7 Å². The molecule has 0 unspecified atom stereocenters. The molecule has 1 N–H and O–H groups in total. The Hall–Kier alpha value is -2.57. The lowest BCUT2D eigenvalue weighted by molar-refractivity contribution is -0.151. The quantitative estimate of drug-likeness (QED) is 0.694. The third kappa shape index (κ3) is 5.08. The number of halogens is 2. The van der Waals surface area contributed by atoms with E-state index in [-0.39, 0.29) is 29.9 Å². The van der Waals surface area contributed by atoms with Gasteiger partial charge in [-0.05, 0) is 24.6 Å². The molecule has 0 spiro atoms. The van der Waals surface area contributed by atoms with Crippen LogP contribution in [0.4, 0.5) is 5.69 Å². The molecule has 0 aromatic heterocycles. The molecular weight excluding hydrogens is 415 g/mol. The Morgan fingerprint density at radius 3 is 2.62 bits per heavy atom. The van der Waals surface area contributed by atoms with Gasteiger partial charge in [0.25, 0.3) is 5.91 Å². The van der Waals surface area contributed by atoms with Gasteiger partial charge in [-0.2, -0.15) is 0 Å². The molecule has 0 bridgehead atoms. The van der Waals surface area contributed by atoms with Crippen molar-refractivity contribution in [2.75, 3.05) is 18.5 Å². The second-order valence-electron chi connectivity index (χ2n) is 6.79. The van der Waals surface area contributed by atoms with Crippen molar-refractivity contribution < 1.29 is 19.1 Å². The number of rotatable bonds is 6. The molecule has 0 saturated carbocycles. The van der Waals surface area contributed by atoms with Crippen LogP contribution in [0, 0.1) is 5.92 Å². The predicted molar refractivity (Wildman–Crippen MR) is 111 cm³/mol. The third-order valence-electron chi connectivity index (χ3n) is 4.81. The summed E-state index contributed by atoms with van der Waals surface area (Å²) in [6, 6.07) is 14.3. The number of nitrogens with one attached hydrogen (secondary N) is 1. The molecule has 0 aliphatic carbocycles. The van der Waals surface area contributed by atoms with Crippen molar-refractivity contribution in [3.05, 3.63) is 64.1 Å². The maximum Gasteiger partial charge on any atom is 0.311 e. The number of nitrogens with zero attached hydrogens (tertiary/aromatic N) is 1. The number of hydrogen-bond donors (Lipinski definition) is 1. The van der Waals surface area contributed by atoms with E-state index in [1.807, 2.05) is 37.3 Å². The summed E-state index contributed by atoms with van der Waals surface area (Å²) >= 11 is 11.9. The lowest BCUT2D eigenvalue weighted by Crippen LogP contribution is -2.30. The monoisotopic (exact) mass is 434 g/mol. The molecule has 2 atom stereocenters. The summed E-state index contributed by atoms with van der Waals surface area (Å²) in [5.41, 5.74) is 1.33. The minimum atomic E-state index is -0.601. The van der Waals surface area contributed by atoms with Gasteiger partial charge in [0, 0.05) is 13.0 Å². The van der Waals surface area contributed by atoms with Crippen LogP contribution in [-0.2, 0) is 19.1 Å². The van der Waals surface area contributed by atoms with E-state index in [4.69, 9.17) is 27.9 Å². The van der Waals surface area contributed by atoms with Gasteiger partial charge in [-0.3, -0.25) is 14.4 Å². The van der Waals surface area contributed by atoms with Crippen molar-refractivity contribution in [1.82, 2.24) is 4.90 Å². The maximum absolute atomic E-state index is 12.4. The molecule has 0 radical (unpaired) electrons. The van der Waals surface area contributed by atoms with Crippen LogP contribution in [0.5, 0.6) is 0 Å². The van der Waals surface area contributed by atoms with Crippen molar-refractivity contribution in [3.8, 4) is 0 Å². The zero-order valence-corrected chi connectivity index (χ0v) is 17.2. The Labute approximate surface area is 178 Å². The fourth-order valence-electron chi connectivity index (χ4n) is 3.22. The van der Waals surface area contributed by atoms with E-state index in [9.17, 15) is 14.4 Å². The first-order chi connectivity index (χ1) is 13.9. The Balaban J connectivity index is 1.53. The summed E-state index contributed by atoms with van der Waals surface area (Å²) in [7, 11) is 0. The number of benzene rings is 2. The summed E-state index contributed by atoms with van der Waals surface area (Å²) in [6.07, 6.45) is 0.0672. The molecule has 2 amide bonds. The molecule has 6 nitrogen and oxygen atoms in total. The van der Waals surface area contributed by atoms with E-state index in [0.717, 1.165) is 5.56 Å². The molecule has 152 valence electrons. The number of ether oxygens (including phenoxy) is 1. The van der Waals surface area contributed by atoms with Crippen LogP contribution in [0.25, 0.3) is 0 Å². The molecule has 29 heavy (non-hydrogen) atoms. The van der Waals surface area contributed by atoms with Gasteiger partial charge in [-0.15, -0.1) is 0 Å². The smallest absolute Gasteiger partial charge is 0.311 e. The number of likely N-dealkylation sites (tertiary alicyclic amines) is 1. The van der Waals surface area contributed by atoms with Crippen LogP contribution in [0.15, 0.2) is 48.5 Å². The summed E-state index contributed by atoms with van der Waals surface area (Å²) < 4.78 is 5.11. The summed E-state index contributed by atoms with van der Waals surface area (Å²) in [5.74, 6) is -1.83. The first-order valence-corrected chi connectivity index (χ1v) is 9.87. The predicted octanol–water partition coefficient (Wildman–Crippen LogP) is 4.08. The van der Waals surface area contributed by atoms with Crippen LogP contribution in [-0.4, -0.2) is 35.8 Å². The Morgan fingerprint density at radius 2 is 1.90 bits per heavy atom. The molecule has 3 rings (SSSR count). The van der Waals surface area contributed by atoms with Crippen molar-refractivity contribution in [2.45, 2.75) is 19.4 Å². The van der Waals surface area contributed by atoms with Gasteiger partial charge in [-0.25, -0.2) is 0 Å². The summed E-state index contributed by atoms with van der Waals surface area (Å²) in [6.45, 7) is 1.71. The lowest BCUT2D eigenvalue weighted by Gasteiger charge is -2.25. The van der Waals surface area contributed by atoms with E-state index >= 15 is 0 Å². The lowest BCUT2D eigenvalue weighted by atomic mass is 10.1. The zero-order valence-electron chi connectivity index (χ0n) is 15.7. The molecule has 1 aliphatic heterocycles. The SMILES string of the molecule is C[C@@H](c1ccccc1)N1C[C@H](C(=O)OCC(=O)Nc2cccc(Cl)c2Cl)CC1=O. The number of carbonyl (C=O) groups is 3. The van der Waals surface area contributed by atoms with E-state index in [1.165, 1.54) is 0 Å². The highest BCUT2D eigenvalue weighted by Gasteiger charge is 2.38. The molecular formula is C21H20Cl2N2O4. The van der Waals surface area contributed by atoms with Crippen LogP contribution >= 0.6 is 23.2 Å². The van der Waals surface area contributed by atoms with Gasteiger partial charge < -0.3 is 15.0 Å². The Kier molecular flexibility index (Phi) is 6.77. The average Bonchev–Trinajstić information content (AvgIpc) is 3.11. The van der Waals surface area contributed by atoms with E-state index in [2.05, 4.69) is 5.32 Å². The summed E-state index contributed by atoms with van der Waals surface area (Å²) in [5, 5.41) is 3.06. The number of carbonyl (C=O) groups excluding carboxylic acids is 3. The highest BCUT2D eigenvalue weighted by Crippen LogP contribution is 2.30. The van der Waals surface area contributed by atoms with Crippen LogP contribution in [0.2, 0.25) is 10.0 Å². The minimum absolute atomic E-state index is 0.0672. The van der Waals surface area contributed by atoms with E-state index < -0.39 is 24.4 Å². The number of hydrogen-bond acceptors (Lipinski definition) is 4. The molecule has 1 heterocycles. The third-order valence-corrected chi connectivity index (χ3v) is 5.63. The normalized spacial score (nSPS) is 17.1. The standard InChI is InChI=1S/C21H20Cl2N2O4/c1-13(14-6-3-2-4-7-14)25-11-15(10-19(25)27)21(28)29-12-18(26)24-17-9-5-8-16(22)20(17)23/h2-9,13,15H,10-12H2,1H3,(H,24,26)/t13-,15+/m0/s1. The van der Waals surface area contributed by atoms with Crippen LogP contribution in [0.1, 0.15) is 24.9 Å². The molecule has 2 aromatic rings. The maximum atomic E-state index is 12.4. The molecule has 8 heteroatoms. The van der Waals surface area contributed by atoms with Crippen LogP contribution < -0.4 is 5.32 Å². The van der Waals surface area contributed by atoms with Crippen molar-refractivity contribution in [2.24, 2.45) is 5.92 Å². The molecule has 1 fully saturated rings. The van der Waals surface area contributed by atoms with Gasteiger partial charge in [0.1, 0.15) is 0 Å². The van der Waals surface area contributed by atoms with Crippen molar-refractivity contribution in [3.63, 3.8) is 0 Å². The number of anilines is 1. The Morgan fingerprint density at radius 1 is 1.17 bits per heavy atom. The second kappa shape index (κ2) is 9.29. The minimum Gasteiger partial charge on any atom is -0.455 e. The van der Waals surface area contributed by atoms with E-state index in [1.54, 1.807) is 23.1 Å². The summed E-state index contributed by atoms with van der Waals surface area (Å²) in [4.78, 5) is 38.4. The van der Waals surface area contributed by atoms with Crippen LogP contribution in [0.3, 0.4) is 0 Å². The highest BCUT2D eigenvalue weighted by molar-refractivity contribution is 6.44. The second-order valence-corrected chi connectivity index (χ2v) is 7.58. The first kappa shape index (κ1) is 21.1. The molecule has 2 aromatic carbocycles. The molecule has 1 aliphatic rings. The van der Waals surface area contributed by atoms with Gasteiger partial charge in [0.15, 0.2) is 6.61 Å². The van der Waals surface area contributed by atoms with Gasteiger partial charge in [0.2, 0.25) is 5.91 Å². The topological polar surface area (TPSA) is 75.7 Å². The number of esters is 1. The zero-order chi connectivity index (χ0) is 21.0. The Bertz CT molecular complexity index is 920. The largest absolute Gasteiger partial charge is 0.455 e. The number of amides is 2. The highest BCUT2D eigenvalue weighted by atomic mass is 35.5. The van der Waals surface area contributed by atoms with Gasteiger partial charge in [-0.1, -0.05) is 59.6 Å². The fourth-order valence-corrected chi connectivity index (χ4v) is 3.56. The van der Waals surface area contributed by atoms with Crippen molar-refractivity contribution in [1.29, 1.82) is 0 Å². The van der Waals surface area contributed by atoms with Crippen molar-refractivity contribution >= 4 is 46.7 Å². The average molecular weight is 435 g/mol.